The van der Waals surface area contributed by atoms with E-state index in [4.69, 9.17) is 23.2 Å². The van der Waals surface area contributed by atoms with E-state index in [1.165, 1.54) is 23.3 Å². The molecule has 0 spiro atoms. The molecule has 1 N–H and O–H groups in total. The summed E-state index contributed by atoms with van der Waals surface area (Å²) in [5.41, 5.74) is 3.51. The molecule has 0 saturated carbocycles. The number of nitrogens with zero attached hydrogens (tertiary/aromatic N) is 1. The lowest BCUT2D eigenvalue weighted by atomic mass is 10.1. The number of halogens is 3. The number of aryl methyl sites for hydroxylation is 1. The summed E-state index contributed by atoms with van der Waals surface area (Å²) in [6.45, 7) is 5.44. The predicted molar refractivity (Wildman–Crippen MR) is 121 cm³/mol. The van der Waals surface area contributed by atoms with E-state index in [0.717, 1.165) is 46.3 Å². The molecular weight excluding hydrogens is 419 g/mol. The lowest BCUT2D eigenvalue weighted by molar-refractivity contribution is 0.225. The monoisotopic (exact) mass is 440 g/mol. The van der Waals surface area contributed by atoms with Gasteiger partial charge in [0.05, 0.1) is 15.6 Å². The summed E-state index contributed by atoms with van der Waals surface area (Å²) in [6, 6.07) is 14.5. The zero-order valence-corrected chi connectivity index (χ0v) is 18.3. The van der Waals surface area contributed by atoms with Crippen molar-refractivity contribution >= 4 is 58.3 Å². The summed E-state index contributed by atoms with van der Waals surface area (Å²) in [6.07, 6.45) is 2.39. The molecule has 4 rings (SSSR count). The first-order chi connectivity index (χ1) is 12.6. The fourth-order valence-corrected chi connectivity index (χ4v) is 5.52. The molecule has 1 aliphatic heterocycles. The third-order valence-electron chi connectivity index (χ3n) is 5.05. The number of aromatic amines is 1. The molecule has 0 radical (unpaired) electrons. The molecule has 1 fully saturated rings. The first kappa shape index (κ1) is 20.9. The molecule has 1 aromatic heterocycles. The molecule has 0 unspecified atom stereocenters. The predicted octanol–water partition coefficient (Wildman–Crippen LogP) is 6.96. The Morgan fingerprint density at radius 2 is 1.70 bits per heavy atom. The number of hydrogen-bond acceptors (Lipinski definition) is 2. The van der Waals surface area contributed by atoms with Crippen LogP contribution in [0.5, 0.6) is 0 Å². The first-order valence-electron chi connectivity index (χ1n) is 9.01. The second kappa shape index (κ2) is 9.11. The molecule has 1 saturated heterocycles. The molecule has 3 aromatic rings. The molecule has 27 heavy (non-hydrogen) atoms. The maximum Gasteiger partial charge on any atom is 0.0672 e. The molecular formula is C21H23Cl3N2S. The smallest absolute Gasteiger partial charge is 0.0672 e. The minimum atomic E-state index is 0. The highest BCUT2D eigenvalue weighted by Crippen LogP contribution is 2.42. The average molecular weight is 442 g/mol. The Balaban J connectivity index is 0.00000210. The Morgan fingerprint density at radius 1 is 1.04 bits per heavy atom. The van der Waals surface area contributed by atoms with Gasteiger partial charge in [-0.05, 0) is 50.6 Å². The Morgan fingerprint density at radius 3 is 2.41 bits per heavy atom. The van der Waals surface area contributed by atoms with E-state index in [-0.39, 0.29) is 12.4 Å². The largest absolute Gasteiger partial charge is 0.356 e. The highest BCUT2D eigenvalue weighted by molar-refractivity contribution is 8.00. The van der Waals surface area contributed by atoms with Crippen LogP contribution in [-0.4, -0.2) is 28.2 Å². The van der Waals surface area contributed by atoms with Gasteiger partial charge in [0.1, 0.15) is 0 Å². The van der Waals surface area contributed by atoms with Crippen molar-refractivity contribution in [3.05, 3.63) is 63.8 Å². The fourth-order valence-electron chi connectivity index (χ4n) is 3.67. The normalized spacial score (nSPS) is 15.8. The van der Waals surface area contributed by atoms with Crippen LogP contribution in [-0.2, 0) is 6.54 Å². The Labute approximate surface area is 181 Å². The van der Waals surface area contributed by atoms with Crippen molar-refractivity contribution in [2.24, 2.45) is 0 Å². The molecule has 0 amide bonds. The van der Waals surface area contributed by atoms with E-state index in [1.54, 1.807) is 0 Å². The highest BCUT2D eigenvalue weighted by Gasteiger charge is 2.23. The lowest BCUT2D eigenvalue weighted by Gasteiger charge is -2.31. The van der Waals surface area contributed by atoms with Crippen molar-refractivity contribution in [2.75, 3.05) is 13.1 Å². The summed E-state index contributed by atoms with van der Waals surface area (Å²) in [5, 5.41) is 3.21. The second-order valence-electron chi connectivity index (χ2n) is 6.94. The van der Waals surface area contributed by atoms with Crippen molar-refractivity contribution in [2.45, 2.75) is 36.5 Å². The number of nitrogens with one attached hydrogen (secondary N) is 1. The number of likely N-dealkylation sites (tertiary alicyclic amines) is 1. The molecule has 0 atom stereocenters. The van der Waals surface area contributed by atoms with Gasteiger partial charge in [-0.1, -0.05) is 53.5 Å². The van der Waals surface area contributed by atoms with E-state index >= 15 is 0 Å². The van der Waals surface area contributed by atoms with Gasteiger partial charge in [-0.3, -0.25) is 4.90 Å². The number of fused-ring (bicyclic) bond motifs is 1. The van der Waals surface area contributed by atoms with E-state index in [2.05, 4.69) is 47.1 Å². The van der Waals surface area contributed by atoms with Crippen molar-refractivity contribution in [3.63, 3.8) is 0 Å². The number of rotatable bonds is 4. The molecule has 2 aromatic carbocycles. The topological polar surface area (TPSA) is 19.0 Å². The van der Waals surface area contributed by atoms with E-state index in [0.29, 0.717) is 5.25 Å². The van der Waals surface area contributed by atoms with Gasteiger partial charge in [-0.15, -0.1) is 24.2 Å². The van der Waals surface area contributed by atoms with Crippen LogP contribution in [0.3, 0.4) is 0 Å². The van der Waals surface area contributed by atoms with Crippen molar-refractivity contribution in [1.82, 2.24) is 9.88 Å². The molecule has 2 nitrogen and oxygen atoms in total. The van der Waals surface area contributed by atoms with Gasteiger partial charge in [-0.2, -0.15) is 0 Å². The van der Waals surface area contributed by atoms with Crippen LogP contribution in [0.1, 0.15) is 24.1 Å². The number of H-pyrrole nitrogens is 1. The van der Waals surface area contributed by atoms with E-state index < -0.39 is 0 Å². The minimum Gasteiger partial charge on any atom is -0.356 e. The third-order valence-corrected chi connectivity index (χ3v) is 7.23. The molecule has 6 heteroatoms. The fraction of sp³-hybridized carbons (Fsp3) is 0.333. The van der Waals surface area contributed by atoms with Gasteiger partial charge in [0, 0.05) is 27.8 Å². The van der Waals surface area contributed by atoms with Gasteiger partial charge in [0.25, 0.3) is 0 Å². The van der Waals surface area contributed by atoms with Crippen LogP contribution < -0.4 is 0 Å². The van der Waals surface area contributed by atoms with E-state index in [1.807, 2.05) is 23.9 Å². The van der Waals surface area contributed by atoms with Gasteiger partial charge in [-0.25, -0.2) is 0 Å². The number of benzene rings is 2. The third kappa shape index (κ3) is 4.60. The zero-order chi connectivity index (χ0) is 18.1. The Kier molecular flexibility index (Phi) is 7.04. The number of piperidine rings is 1. The molecule has 2 heterocycles. The number of aromatic nitrogens is 1. The molecule has 0 bridgehead atoms. The van der Waals surface area contributed by atoms with Gasteiger partial charge in [0.15, 0.2) is 0 Å². The number of hydrogen-bond donors (Lipinski definition) is 1. The van der Waals surface area contributed by atoms with Gasteiger partial charge < -0.3 is 4.98 Å². The van der Waals surface area contributed by atoms with Crippen molar-refractivity contribution in [3.8, 4) is 0 Å². The van der Waals surface area contributed by atoms with Crippen molar-refractivity contribution < 1.29 is 0 Å². The first-order valence-corrected chi connectivity index (χ1v) is 10.6. The second-order valence-corrected chi connectivity index (χ2v) is 9.06. The van der Waals surface area contributed by atoms with Crippen LogP contribution >= 0.6 is 47.4 Å². The summed E-state index contributed by atoms with van der Waals surface area (Å²) in [5.74, 6) is 0. The quantitative estimate of drug-likeness (QED) is 0.472. The van der Waals surface area contributed by atoms with Crippen molar-refractivity contribution in [1.29, 1.82) is 0 Å². The van der Waals surface area contributed by atoms with Crippen LogP contribution in [0.15, 0.2) is 47.4 Å². The summed E-state index contributed by atoms with van der Waals surface area (Å²) in [4.78, 5) is 7.23. The standard InChI is InChI=1S/C21H22Cl2N2S.ClH/c1-14-21(19-17(22)7-8-18(23)20(19)24-14)26-16-9-11-25(12-10-16)13-15-5-3-2-4-6-15;/h2-8,16,24H,9-13H2,1H3;1H. The highest BCUT2D eigenvalue weighted by atomic mass is 35.5. The van der Waals surface area contributed by atoms with Crippen LogP contribution in [0.4, 0.5) is 0 Å². The maximum atomic E-state index is 6.48. The van der Waals surface area contributed by atoms with Crippen LogP contribution in [0.2, 0.25) is 10.0 Å². The Bertz CT molecular complexity index is 903. The lowest BCUT2D eigenvalue weighted by Crippen LogP contribution is -2.34. The molecule has 1 aliphatic rings. The minimum absolute atomic E-state index is 0. The van der Waals surface area contributed by atoms with Gasteiger partial charge >= 0.3 is 0 Å². The van der Waals surface area contributed by atoms with Gasteiger partial charge in [0.2, 0.25) is 0 Å². The summed E-state index contributed by atoms with van der Waals surface area (Å²) < 4.78 is 0. The average Bonchev–Trinajstić information content (AvgIpc) is 2.98. The zero-order valence-electron chi connectivity index (χ0n) is 15.2. The number of thioether (sulfide) groups is 1. The molecule has 0 aliphatic carbocycles. The van der Waals surface area contributed by atoms with Crippen LogP contribution in [0.25, 0.3) is 10.9 Å². The summed E-state index contributed by atoms with van der Waals surface area (Å²) >= 11 is 14.8. The van der Waals surface area contributed by atoms with Crippen LogP contribution in [0, 0.1) is 6.92 Å². The maximum absolute atomic E-state index is 6.48. The Hall–Kier alpha value is -0.840. The molecule has 144 valence electrons. The SMILES string of the molecule is Cc1[nH]c2c(Cl)ccc(Cl)c2c1SC1CCN(Cc2ccccc2)CC1.Cl. The van der Waals surface area contributed by atoms with E-state index in [9.17, 15) is 0 Å². The summed E-state index contributed by atoms with van der Waals surface area (Å²) in [7, 11) is 0.